The molecule has 1 unspecified atom stereocenters. The Morgan fingerprint density at radius 3 is 3.10 bits per heavy atom. The van der Waals surface area contributed by atoms with Crippen molar-refractivity contribution < 1.29 is 0 Å². The zero-order chi connectivity index (χ0) is 20.0. The van der Waals surface area contributed by atoms with E-state index in [1.54, 1.807) is 33.7 Å². The van der Waals surface area contributed by atoms with Gasteiger partial charge in [-0.3, -0.25) is 9.36 Å². The molecule has 0 N–H and O–H groups in total. The monoisotopic (exact) mass is 422 g/mol. The van der Waals surface area contributed by atoms with Crippen molar-refractivity contribution >= 4 is 39.0 Å². The summed E-state index contributed by atoms with van der Waals surface area (Å²) in [6, 6.07) is 5.96. The first kappa shape index (κ1) is 18.6. The standard InChI is InChI=1S/C22H22N4OS2/c1-3-9-26-21(27)19-16-8-7-14(2)11-17(16)29-20(19)24-22(26)28-13-15-12-25-10-5-4-6-18(25)23-15/h3-6,10,12,14H,1,7-9,11,13H2,2H3. The molecule has 1 atom stereocenters. The molecule has 0 radical (unpaired) electrons. The van der Waals surface area contributed by atoms with E-state index < -0.39 is 0 Å². The lowest BCUT2D eigenvalue weighted by molar-refractivity contribution is 0.509. The molecule has 1 aliphatic carbocycles. The Labute approximate surface area is 177 Å². The lowest BCUT2D eigenvalue weighted by atomic mass is 9.89. The molecule has 1 aliphatic rings. The van der Waals surface area contributed by atoms with Crippen molar-refractivity contribution in [1.29, 1.82) is 0 Å². The highest BCUT2D eigenvalue weighted by Gasteiger charge is 2.24. The van der Waals surface area contributed by atoms with Gasteiger partial charge in [-0.05, 0) is 42.9 Å². The van der Waals surface area contributed by atoms with Crippen LogP contribution in [0.4, 0.5) is 0 Å². The number of aromatic nitrogens is 4. The van der Waals surface area contributed by atoms with Crippen LogP contribution in [0.5, 0.6) is 0 Å². The van der Waals surface area contributed by atoms with Crippen LogP contribution in [0.25, 0.3) is 15.9 Å². The molecule has 0 bridgehead atoms. The highest BCUT2D eigenvalue weighted by Crippen LogP contribution is 2.36. The number of hydrogen-bond donors (Lipinski definition) is 0. The van der Waals surface area contributed by atoms with Crippen LogP contribution in [0.1, 0.15) is 29.5 Å². The first-order valence-electron chi connectivity index (χ1n) is 9.85. The maximum Gasteiger partial charge on any atom is 0.263 e. The predicted octanol–water partition coefficient (Wildman–Crippen LogP) is 4.71. The van der Waals surface area contributed by atoms with E-state index >= 15 is 0 Å². The number of pyridine rings is 1. The predicted molar refractivity (Wildman–Crippen MR) is 120 cm³/mol. The molecule has 7 heteroatoms. The van der Waals surface area contributed by atoms with Gasteiger partial charge in [0.1, 0.15) is 10.5 Å². The van der Waals surface area contributed by atoms with E-state index in [-0.39, 0.29) is 5.56 Å². The van der Waals surface area contributed by atoms with Crippen molar-refractivity contribution in [2.24, 2.45) is 5.92 Å². The zero-order valence-corrected chi connectivity index (χ0v) is 17.9. The van der Waals surface area contributed by atoms with Crippen molar-refractivity contribution in [2.75, 3.05) is 0 Å². The Morgan fingerprint density at radius 2 is 2.28 bits per heavy atom. The number of rotatable bonds is 5. The molecule has 0 saturated carbocycles. The maximum absolute atomic E-state index is 13.4. The molecule has 4 aromatic heterocycles. The molecular formula is C22H22N4OS2. The normalized spacial score (nSPS) is 16.4. The molecule has 0 aromatic carbocycles. The number of nitrogens with zero attached hydrogens (tertiary/aromatic N) is 4. The fourth-order valence-electron chi connectivity index (χ4n) is 4.00. The first-order chi connectivity index (χ1) is 14.1. The fourth-order valence-corrected chi connectivity index (χ4v) is 6.32. The van der Waals surface area contributed by atoms with E-state index in [2.05, 4.69) is 18.5 Å². The number of aryl methyl sites for hydroxylation is 1. The minimum atomic E-state index is 0.0689. The summed E-state index contributed by atoms with van der Waals surface area (Å²) in [5, 5.41) is 1.57. The van der Waals surface area contributed by atoms with Gasteiger partial charge in [0.2, 0.25) is 0 Å². The SMILES string of the molecule is C=CCn1c(SCc2cn3ccccc3n2)nc2sc3c(c2c1=O)CCC(C)C3. The van der Waals surface area contributed by atoms with E-state index in [0.717, 1.165) is 46.0 Å². The average Bonchev–Trinajstić information content (AvgIpc) is 3.29. The smallest absolute Gasteiger partial charge is 0.263 e. The van der Waals surface area contributed by atoms with E-state index in [9.17, 15) is 4.79 Å². The molecule has 0 spiro atoms. The van der Waals surface area contributed by atoms with Crippen LogP contribution < -0.4 is 5.56 Å². The van der Waals surface area contributed by atoms with Crippen LogP contribution in [0.15, 0.2) is 53.2 Å². The molecule has 29 heavy (non-hydrogen) atoms. The van der Waals surface area contributed by atoms with Crippen molar-refractivity contribution in [1.82, 2.24) is 18.9 Å². The van der Waals surface area contributed by atoms with Gasteiger partial charge in [0, 0.05) is 29.6 Å². The second-order valence-electron chi connectivity index (χ2n) is 7.62. The van der Waals surface area contributed by atoms with Crippen LogP contribution in [0.2, 0.25) is 0 Å². The molecule has 0 saturated heterocycles. The Bertz CT molecular complexity index is 1250. The molecule has 5 nitrogen and oxygen atoms in total. The van der Waals surface area contributed by atoms with Crippen molar-refractivity contribution in [3.05, 3.63) is 69.7 Å². The summed E-state index contributed by atoms with van der Waals surface area (Å²) in [5.74, 6) is 1.34. The number of thiophene rings is 1. The van der Waals surface area contributed by atoms with Gasteiger partial charge >= 0.3 is 0 Å². The van der Waals surface area contributed by atoms with Crippen LogP contribution >= 0.6 is 23.1 Å². The van der Waals surface area contributed by atoms with Crippen molar-refractivity contribution in [3.8, 4) is 0 Å². The van der Waals surface area contributed by atoms with Crippen LogP contribution in [-0.2, 0) is 25.1 Å². The molecular weight excluding hydrogens is 400 g/mol. The van der Waals surface area contributed by atoms with Crippen molar-refractivity contribution in [3.63, 3.8) is 0 Å². The quantitative estimate of drug-likeness (QED) is 0.266. The first-order valence-corrected chi connectivity index (χ1v) is 11.7. The second-order valence-corrected chi connectivity index (χ2v) is 9.64. The van der Waals surface area contributed by atoms with Gasteiger partial charge in [-0.2, -0.15) is 0 Å². The summed E-state index contributed by atoms with van der Waals surface area (Å²) >= 11 is 3.27. The van der Waals surface area contributed by atoms with Crippen LogP contribution in [-0.4, -0.2) is 18.9 Å². The van der Waals surface area contributed by atoms with Crippen molar-refractivity contribution in [2.45, 2.75) is 43.6 Å². The topological polar surface area (TPSA) is 52.2 Å². The lowest BCUT2D eigenvalue weighted by Gasteiger charge is -2.17. The third kappa shape index (κ3) is 3.32. The van der Waals surface area contributed by atoms with Gasteiger partial charge in [-0.1, -0.05) is 30.8 Å². The molecule has 0 fully saturated rings. The van der Waals surface area contributed by atoms with Crippen LogP contribution in [0.3, 0.4) is 0 Å². The summed E-state index contributed by atoms with van der Waals surface area (Å²) in [4.78, 5) is 25.2. The van der Waals surface area contributed by atoms with Gasteiger partial charge in [-0.15, -0.1) is 17.9 Å². The molecule has 0 aliphatic heterocycles. The number of fused-ring (bicyclic) bond motifs is 4. The summed E-state index contributed by atoms with van der Waals surface area (Å²) in [7, 11) is 0. The third-order valence-corrected chi connectivity index (χ3v) is 7.61. The van der Waals surface area contributed by atoms with Crippen LogP contribution in [0, 0.1) is 5.92 Å². The Kier molecular flexibility index (Phi) is 4.80. The Hall–Kier alpha value is -2.38. The Morgan fingerprint density at radius 1 is 1.38 bits per heavy atom. The van der Waals surface area contributed by atoms with E-state index in [4.69, 9.17) is 4.98 Å². The summed E-state index contributed by atoms with van der Waals surface area (Å²) in [6.45, 7) is 6.59. The molecule has 4 heterocycles. The minimum absolute atomic E-state index is 0.0689. The zero-order valence-electron chi connectivity index (χ0n) is 16.3. The van der Waals surface area contributed by atoms with Gasteiger partial charge in [0.15, 0.2) is 5.16 Å². The van der Waals surface area contributed by atoms with Gasteiger partial charge < -0.3 is 4.40 Å². The number of allylic oxidation sites excluding steroid dienone is 1. The van der Waals surface area contributed by atoms with Gasteiger partial charge in [-0.25, -0.2) is 9.97 Å². The summed E-state index contributed by atoms with van der Waals surface area (Å²) < 4.78 is 3.78. The lowest BCUT2D eigenvalue weighted by Crippen LogP contribution is -2.23. The van der Waals surface area contributed by atoms with E-state index in [1.165, 1.54) is 10.4 Å². The maximum atomic E-state index is 13.4. The third-order valence-electron chi connectivity index (χ3n) is 5.45. The number of thioether (sulfide) groups is 1. The highest BCUT2D eigenvalue weighted by atomic mass is 32.2. The van der Waals surface area contributed by atoms with Gasteiger partial charge in [0.25, 0.3) is 5.56 Å². The Balaban J connectivity index is 1.54. The van der Waals surface area contributed by atoms with E-state index in [1.807, 2.05) is 35.0 Å². The van der Waals surface area contributed by atoms with E-state index in [0.29, 0.717) is 18.2 Å². The summed E-state index contributed by atoms with van der Waals surface area (Å²) in [5.41, 5.74) is 3.20. The molecule has 5 rings (SSSR count). The molecule has 148 valence electrons. The second kappa shape index (κ2) is 7.46. The molecule has 0 amide bonds. The largest absolute Gasteiger partial charge is 0.307 e. The van der Waals surface area contributed by atoms with Gasteiger partial charge in [0.05, 0.1) is 11.1 Å². The minimum Gasteiger partial charge on any atom is -0.307 e. The molecule has 4 aromatic rings. The number of imidazole rings is 1. The number of hydrogen-bond acceptors (Lipinski definition) is 5. The fraction of sp³-hybridized carbons (Fsp3) is 0.318. The summed E-state index contributed by atoms with van der Waals surface area (Å²) in [6.07, 6.45) is 8.97. The highest BCUT2D eigenvalue weighted by molar-refractivity contribution is 7.98. The average molecular weight is 423 g/mol.